The second-order valence-corrected chi connectivity index (χ2v) is 5.53. The third kappa shape index (κ3) is 1.92. The first kappa shape index (κ1) is 11.7. The summed E-state index contributed by atoms with van der Waals surface area (Å²) in [5.41, 5.74) is 8.60. The Bertz CT molecular complexity index is 690. The van der Waals surface area contributed by atoms with Crippen molar-refractivity contribution in [2.45, 2.75) is 13.0 Å². The number of fused-ring (bicyclic) bond motifs is 1. The number of nitrogens with zero attached hydrogens (tertiary/aromatic N) is 1. The van der Waals surface area contributed by atoms with Crippen LogP contribution < -0.4 is 5.73 Å². The molecule has 1 aromatic carbocycles. The van der Waals surface area contributed by atoms with Crippen LogP contribution in [0, 0.1) is 6.92 Å². The van der Waals surface area contributed by atoms with Gasteiger partial charge in [-0.1, -0.05) is 17.7 Å². The molecular formula is C13H11ClN2OS. The quantitative estimate of drug-likeness (QED) is 0.773. The van der Waals surface area contributed by atoms with E-state index in [-0.39, 0.29) is 6.04 Å². The van der Waals surface area contributed by atoms with Crippen LogP contribution in [-0.2, 0) is 0 Å². The minimum atomic E-state index is -0.324. The Labute approximate surface area is 113 Å². The Balaban J connectivity index is 2.11. The average molecular weight is 279 g/mol. The van der Waals surface area contributed by atoms with Crippen molar-refractivity contribution in [2.24, 2.45) is 5.73 Å². The Morgan fingerprint density at radius 1 is 1.44 bits per heavy atom. The normalized spacial score (nSPS) is 13.1. The van der Waals surface area contributed by atoms with Gasteiger partial charge in [-0.2, -0.15) is 0 Å². The van der Waals surface area contributed by atoms with Gasteiger partial charge >= 0.3 is 0 Å². The Kier molecular flexibility index (Phi) is 2.86. The molecule has 0 aliphatic rings. The fourth-order valence-electron chi connectivity index (χ4n) is 1.90. The first-order chi connectivity index (χ1) is 8.65. The third-order valence-corrected chi connectivity index (χ3v) is 3.95. The predicted octanol–water partition coefficient (Wildman–Crippen LogP) is 3.90. The lowest BCUT2D eigenvalue weighted by Gasteiger charge is -2.02. The maximum Gasteiger partial charge on any atom is 0.217 e. The van der Waals surface area contributed by atoms with Gasteiger partial charge in [0.2, 0.25) is 5.89 Å². The van der Waals surface area contributed by atoms with Crippen LogP contribution in [0.15, 0.2) is 34.1 Å². The Hall–Kier alpha value is -1.36. The number of halogens is 1. The van der Waals surface area contributed by atoms with E-state index in [2.05, 4.69) is 4.98 Å². The van der Waals surface area contributed by atoms with Crippen LogP contribution >= 0.6 is 22.9 Å². The van der Waals surface area contributed by atoms with Crippen molar-refractivity contribution in [3.05, 3.63) is 51.0 Å². The highest BCUT2D eigenvalue weighted by atomic mass is 35.5. The van der Waals surface area contributed by atoms with Crippen molar-refractivity contribution in [3.8, 4) is 0 Å². The zero-order valence-corrected chi connectivity index (χ0v) is 11.3. The second kappa shape index (κ2) is 4.39. The van der Waals surface area contributed by atoms with E-state index in [1.807, 2.05) is 30.5 Å². The lowest BCUT2D eigenvalue weighted by molar-refractivity contribution is 0.506. The Morgan fingerprint density at radius 2 is 2.28 bits per heavy atom. The highest BCUT2D eigenvalue weighted by Gasteiger charge is 2.18. The summed E-state index contributed by atoms with van der Waals surface area (Å²) in [6.07, 6.45) is 0. The van der Waals surface area contributed by atoms with Gasteiger partial charge in [-0.25, -0.2) is 4.98 Å². The van der Waals surface area contributed by atoms with Gasteiger partial charge in [0.05, 0.1) is 0 Å². The van der Waals surface area contributed by atoms with Crippen molar-refractivity contribution in [1.29, 1.82) is 0 Å². The van der Waals surface area contributed by atoms with E-state index in [1.54, 1.807) is 17.4 Å². The molecule has 3 aromatic rings. The molecular weight excluding hydrogens is 268 g/mol. The molecule has 18 heavy (non-hydrogen) atoms. The number of thiophene rings is 1. The van der Waals surface area contributed by atoms with E-state index in [1.165, 1.54) is 0 Å². The number of oxazole rings is 1. The van der Waals surface area contributed by atoms with Gasteiger partial charge in [0.15, 0.2) is 5.58 Å². The van der Waals surface area contributed by atoms with Crippen LogP contribution in [0.25, 0.3) is 11.1 Å². The summed E-state index contributed by atoms with van der Waals surface area (Å²) < 4.78 is 5.75. The standard InChI is InChI=1S/C13H11ClN2OS/c1-7-5-8(14)6-9-12(7)17-13(16-9)11(15)10-3-2-4-18-10/h2-6,11H,15H2,1H3. The highest BCUT2D eigenvalue weighted by Crippen LogP contribution is 2.29. The van der Waals surface area contributed by atoms with E-state index in [4.69, 9.17) is 21.8 Å². The molecule has 0 bridgehead atoms. The number of benzene rings is 1. The Morgan fingerprint density at radius 3 is 3.00 bits per heavy atom. The molecule has 0 spiro atoms. The van der Waals surface area contributed by atoms with Crippen molar-refractivity contribution in [1.82, 2.24) is 4.98 Å². The van der Waals surface area contributed by atoms with E-state index < -0.39 is 0 Å². The van der Waals surface area contributed by atoms with Crippen LogP contribution in [0.1, 0.15) is 22.4 Å². The molecule has 0 fully saturated rings. The molecule has 0 radical (unpaired) electrons. The monoisotopic (exact) mass is 278 g/mol. The van der Waals surface area contributed by atoms with E-state index in [0.717, 1.165) is 21.5 Å². The zero-order chi connectivity index (χ0) is 12.7. The molecule has 2 aromatic heterocycles. The van der Waals surface area contributed by atoms with Crippen LogP contribution in [0.2, 0.25) is 5.02 Å². The van der Waals surface area contributed by atoms with Crippen LogP contribution in [0.4, 0.5) is 0 Å². The van der Waals surface area contributed by atoms with Crippen LogP contribution in [0.3, 0.4) is 0 Å². The average Bonchev–Trinajstić information content (AvgIpc) is 2.96. The molecule has 5 heteroatoms. The molecule has 2 heterocycles. The predicted molar refractivity (Wildman–Crippen MR) is 74.1 cm³/mol. The van der Waals surface area contributed by atoms with Crippen molar-refractivity contribution in [2.75, 3.05) is 0 Å². The molecule has 0 aliphatic carbocycles. The largest absolute Gasteiger partial charge is 0.438 e. The fourth-order valence-corrected chi connectivity index (χ4v) is 2.88. The van der Waals surface area contributed by atoms with E-state index >= 15 is 0 Å². The van der Waals surface area contributed by atoms with Gasteiger partial charge in [0.1, 0.15) is 11.6 Å². The van der Waals surface area contributed by atoms with Crippen molar-refractivity contribution >= 4 is 34.0 Å². The van der Waals surface area contributed by atoms with Gasteiger partial charge in [-0.15, -0.1) is 11.3 Å². The summed E-state index contributed by atoms with van der Waals surface area (Å²) >= 11 is 7.59. The lowest BCUT2D eigenvalue weighted by atomic mass is 10.2. The molecule has 0 saturated heterocycles. The number of aryl methyl sites for hydroxylation is 1. The lowest BCUT2D eigenvalue weighted by Crippen LogP contribution is -2.10. The van der Waals surface area contributed by atoms with E-state index in [0.29, 0.717) is 10.9 Å². The number of hydrogen-bond donors (Lipinski definition) is 1. The maximum absolute atomic E-state index is 6.13. The molecule has 0 saturated carbocycles. The summed E-state index contributed by atoms with van der Waals surface area (Å²) in [5.74, 6) is 0.526. The molecule has 1 unspecified atom stereocenters. The third-order valence-electron chi connectivity index (χ3n) is 2.77. The SMILES string of the molecule is Cc1cc(Cl)cc2nc(C(N)c3cccs3)oc12. The number of aromatic nitrogens is 1. The van der Waals surface area contributed by atoms with Gasteiger partial charge < -0.3 is 10.2 Å². The smallest absolute Gasteiger partial charge is 0.217 e. The molecule has 1 atom stereocenters. The molecule has 3 nitrogen and oxygen atoms in total. The second-order valence-electron chi connectivity index (χ2n) is 4.12. The minimum Gasteiger partial charge on any atom is -0.438 e. The zero-order valence-electron chi connectivity index (χ0n) is 9.68. The minimum absolute atomic E-state index is 0.324. The number of rotatable bonds is 2. The molecule has 2 N–H and O–H groups in total. The van der Waals surface area contributed by atoms with Crippen LogP contribution in [-0.4, -0.2) is 4.98 Å². The summed E-state index contributed by atoms with van der Waals surface area (Å²) in [4.78, 5) is 5.45. The van der Waals surface area contributed by atoms with Crippen molar-refractivity contribution < 1.29 is 4.42 Å². The topological polar surface area (TPSA) is 52.0 Å². The number of nitrogens with two attached hydrogens (primary N) is 1. The van der Waals surface area contributed by atoms with Gasteiger partial charge in [0.25, 0.3) is 0 Å². The van der Waals surface area contributed by atoms with E-state index in [9.17, 15) is 0 Å². The number of hydrogen-bond acceptors (Lipinski definition) is 4. The molecule has 92 valence electrons. The molecule has 0 amide bonds. The maximum atomic E-state index is 6.13. The summed E-state index contributed by atoms with van der Waals surface area (Å²) in [7, 11) is 0. The first-order valence-electron chi connectivity index (χ1n) is 5.50. The molecule has 0 aliphatic heterocycles. The summed E-state index contributed by atoms with van der Waals surface area (Å²) in [6, 6.07) is 7.26. The van der Waals surface area contributed by atoms with Gasteiger partial charge in [-0.3, -0.25) is 0 Å². The summed E-state index contributed by atoms with van der Waals surface area (Å²) in [5, 5.41) is 2.64. The molecule has 3 rings (SSSR count). The van der Waals surface area contributed by atoms with Gasteiger partial charge in [-0.05, 0) is 36.1 Å². The first-order valence-corrected chi connectivity index (χ1v) is 6.76. The van der Waals surface area contributed by atoms with Crippen molar-refractivity contribution in [3.63, 3.8) is 0 Å². The van der Waals surface area contributed by atoms with Crippen LogP contribution in [0.5, 0.6) is 0 Å². The summed E-state index contributed by atoms with van der Waals surface area (Å²) in [6.45, 7) is 1.94. The van der Waals surface area contributed by atoms with Gasteiger partial charge in [0, 0.05) is 9.90 Å². The highest BCUT2D eigenvalue weighted by molar-refractivity contribution is 7.10. The fraction of sp³-hybridized carbons (Fsp3) is 0.154.